The number of urea groups is 1. The van der Waals surface area contributed by atoms with Crippen molar-refractivity contribution in [3.8, 4) is 6.07 Å². The van der Waals surface area contributed by atoms with Crippen molar-refractivity contribution >= 4 is 17.6 Å². The molecule has 0 aromatic heterocycles. The SMILES string of the molecule is N#Cc1ccc(NC(=O)NCCNC(=O)c2ccccc2)cc1. The van der Waals surface area contributed by atoms with Crippen LogP contribution in [0.4, 0.5) is 10.5 Å². The minimum absolute atomic E-state index is 0.181. The van der Waals surface area contributed by atoms with E-state index in [-0.39, 0.29) is 11.9 Å². The fourth-order valence-corrected chi connectivity index (χ4v) is 1.85. The summed E-state index contributed by atoms with van der Waals surface area (Å²) in [7, 11) is 0. The molecule has 0 aliphatic rings. The Labute approximate surface area is 134 Å². The van der Waals surface area contributed by atoms with E-state index in [2.05, 4.69) is 16.0 Å². The van der Waals surface area contributed by atoms with Crippen LogP contribution < -0.4 is 16.0 Å². The molecule has 2 aromatic rings. The minimum Gasteiger partial charge on any atom is -0.350 e. The summed E-state index contributed by atoms with van der Waals surface area (Å²) in [5.41, 5.74) is 1.70. The first kappa shape index (κ1) is 16.0. The molecule has 0 aliphatic heterocycles. The van der Waals surface area contributed by atoms with Crippen LogP contribution >= 0.6 is 0 Å². The number of nitrogens with zero attached hydrogens (tertiary/aromatic N) is 1. The third kappa shape index (κ3) is 5.17. The van der Waals surface area contributed by atoms with Gasteiger partial charge in [-0.05, 0) is 36.4 Å². The molecular formula is C17H16N4O2. The van der Waals surface area contributed by atoms with Crippen molar-refractivity contribution in [2.24, 2.45) is 0 Å². The second-order valence-corrected chi connectivity index (χ2v) is 4.69. The van der Waals surface area contributed by atoms with E-state index in [0.29, 0.717) is 29.9 Å². The van der Waals surface area contributed by atoms with Gasteiger partial charge in [0.25, 0.3) is 5.91 Å². The van der Waals surface area contributed by atoms with Gasteiger partial charge in [-0.3, -0.25) is 4.79 Å². The highest BCUT2D eigenvalue weighted by atomic mass is 16.2. The summed E-state index contributed by atoms with van der Waals surface area (Å²) in [6.45, 7) is 0.634. The Morgan fingerprint density at radius 3 is 2.22 bits per heavy atom. The molecule has 23 heavy (non-hydrogen) atoms. The largest absolute Gasteiger partial charge is 0.350 e. The monoisotopic (exact) mass is 308 g/mol. The zero-order valence-corrected chi connectivity index (χ0v) is 12.4. The summed E-state index contributed by atoms with van der Waals surface area (Å²) < 4.78 is 0. The third-order valence-electron chi connectivity index (χ3n) is 3.00. The highest BCUT2D eigenvalue weighted by Gasteiger charge is 2.04. The Bertz CT molecular complexity index is 706. The van der Waals surface area contributed by atoms with Crippen LogP contribution in [0.5, 0.6) is 0 Å². The molecule has 0 saturated carbocycles. The van der Waals surface area contributed by atoms with Gasteiger partial charge < -0.3 is 16.0 Å². The van der Waals surface area contributed by atoms with Crippen LogP contribution in [0.3, 0.4) is 0 Å². The quantitative estimate of drug-likeness (QED) is 0.738. The number of benzene rings is 2. The number of nitriles is 1. The van der Waals surface area contributed by atoms with E-state index in [4.69, 9.17) is 5.26 Å². The first-order valence-electron chi connectivity index (χ1n) is 7.07. The molecule has 3 amide bonds. The topological polar surface area (TPSA) is 94.0 Å². The number of hydrogen-bond donors (Lipinski definition) is 3. The highest BCUT2D eigenvalue weighted by Crippen LogP contribution is 2.08. The Morgan fingerprint density at radius 2 is 1.57 bits per heavy atom. The van der Waals surface area contributed by atoms with Gasteiger partial charge in [0.1, 0.15) is 0 Å². The predicted octanol–water partition coefficient (Wildman–Crippen LogP) is 2.11. The second-order valence-electron chi connectivity index (χ2n) is 4.69. The summed E-state index contributed by atoms with van der Waals surface area (Å²) in [5, 5.41) is 16.7. The van der Waals surface area contributed by atoms with Crippen LogP contribution in [0.25, 0.3) is 0 Å². The molecule has 0 saturated heterocycles. The van der Waals surface area contributed by atoms with Gasteiger partial charge >= 0.3 is 6.03 Å². The zero-order chi connectivity index (χ0) is 16.5. The molecule has 0 fully saturated rings. The van der Waals surface area contributed by atoms with Crippen molar-refractivity contribution in [3.63, 3.8) is 0 Å². The average Bonchev–Trinajstić information content (AvgIpc) is 2.60. The maximum atomic E-state index is 11.8. The Balaban J connectivity index is 1.68. The third-order valence-corrected chi connectivity index (χ3v) is 3.00. The number of nitrogens with one attached hydrogen (secondary N) is 3. The Hall–Kier alpha value is -3.33. The maximum Gasteiger partial charge on any atom is 0.319 e. The van der Waals surface area contributed by atoms with E-state index in [0.717, 1.165) is 0 Å². The molecule has 0 atom stereocenters. The Kier molecular flexibility index (Phi) is 5.72. The van der Waals surface area contributed by atoms with Gasteiger partial charge in [-0.15, -0.1) is 0 Å². The molecule has 0 aliphatic carbocycles. The van der Waals surface area contributed by atoms with Gasteiger partial charge in [0.15, 0.2) is 0 Å². The number of anilines is 1. The fraction of sp³-hybridized carbons (Fsp3) is 0.118. The van der Waals surface area contributed by atoms with Crippen LogP contribution in [0.15, 0.2) is 54.6 Å². The van der Waals surface area contributed by atoms with E-state index in [1.54, 1.807) is 48.5 Å². The summed E-state index contributed by atoms with van der Waals surface area (Å²) in [6, 6.07) is 17.0. The number of rotatable bonds is 5. The molecule has 0 spiro atoms. The Morgan fingerprint density at radius 1 is 0.913 bits per heavy atom. The lowest BCUT2D eigenvalue weighted by atomic mass is 10.2. The highest BCUT2D eigenvalue weighted by molar-refractivity contribution is 5.94. The molecular weight excluding hydrogens is 292 g/mol. The molecule has 3 N–H and O–H groups in total. The minimum atomic E-state index is -0.372. The van der Waals surface area contributed by atoms with Crippen molar-refractivity contribution in [1.82, 2.24) is 10.6 Å². The second kappa shape index (κ2) is 8.20. The van der Waals surface area contributed by atoms with Gasteiger partial charge in [0.2, 0.25) is 0 Å². The van der Waals surface area contributed by atoms with Crippen molar-refractivity contribution in [2.45, 2.75) is 0 Å². The van der Waals surface area contributed by atoms with E-state index in [1.807, 2.05) is 12.1 Å². The van der Waals surface area contributed by atoms with Crippen LogP contribution in [0, 0.1) is 11.3 Å². The first-order chi connectivity index (χ1) is 11.2. The molecule has 0 bridgehead atoms. The van der Waals surface area contributed by atoms with Gasteiger partial charge in [0, 0.05) is 24.3 Å². The average molecular weight is 308 g/mol. The zero-order valence-electron chi connectivity index (χ0n) is 12.4. The lowest BCUT2D eigenvalue weighted by Crippen LogP contribution is -2.36. The van der Waals surface area contributed by atoms with Crippen molar-refractivity contribution < 1.29 is 9.59 Å². The molecule has 0 unspecified atom stereocenters. The van der Waals surface area contributed by atoms with E-state index in [9.17, 15) is 9.59 Å². The van der Waals surface area contributed by atoms with Gasteiger partial charge in [-0.2, -0.15) is 5.26 Å². The summed E-state index contributed by atoms with van der Waals surface area (Å²) >= 11 is 0. The molecule has 6 nitrogen and oxygen atoms in total. The lowest BCUT2D eigenvalue weighted by Gasteiger charge is -2.08. The maximum absolute atomic E-state index is 11.8. The molecule has 0 radical (unpaired) electrons. The first-order valence-corrected chi connectivity index (χ1v) is 7.07. The van der Waals surface area contributed by atoms with Crippen molar-refractivity contribution in [1.29, 1.82) is 5.26 Å². The van der Waals surface area contributed by atoms with Gasteiger partial charge in [0.05, 0.1) is 11.6 Å². The smallest absolute Gasteiger partial charge is 0.319 e. The lowest BCUT2D eigenvalue weighted by molar-refractivity contribution is 0.0954. The summed E-state index contributed by atoms with van der Waals surface area (Å²) in [4.78, 5) is 23.5. The fourth-order valence-electron chi connectivity index (χ4n) is 1.85. The molecule has 2 rings (SSSR count). The molecule has 2 aromatic carbocycles. The predicted molar refractivity (Wildman–Crippen MR) is 87.0 cm³/mol. The molecule has 6 heteroatoms. The van der Waals surface area contributed by atoms with Gasteiger partial charge in [-0.25, -0.2) is 4.79 Å². The normalized spacial score (nSPS) is 9.52. The van der Waals surface area contributed by atoms with Gasteiger partial charge in [-0.1, -0.05) is 18.2 Å². The molecule has 0 heterocycles. The number of hydrogen-bond acceptors (Lipinski definition) is 3. The summed E-state index contributed by atoms with van der Waals surface area (Å²) in [5.74, 6) is -0.181. The summed E-state index contributed by atoms with van der Waals surface area (Å²) in [6.07, 6.45) is 0. The van der Waals surface area contributed by atoms with E-state index in [1.165, 1.54) is 0 Å². The van der Waals surface area contributed by atoms with Crippen molar-refractivity contribution in [2.75, 3.05) is 18.4 Å². The van der Waals surface area contributed by atoms with Crippen LogP contribution in [-0.2, 0) is 0 Å². The van der Waals surface area contributed by atoms with E-state index >= 15 is 0 Å². The van der Waals surface area contributed by atoms with Crippen molar-refractivity contribution in [3.05, 3.63) is 65.7 Å². The van der Waals surface area contributed by atoms with Crippen LogP contribution in [0.1, 0.15) is 15.9 Å². The van der Waals surface area contributed by atoms with Crippen LogP contribution in [-0.4, -0.2) is 25.0 Å². The molecule has 116 valence electrons. The number of carbonyl (C=O) groups is 2. The number of carbonyl (C=O) groups excluding carboxylic acids is 2. The number of amides is 3. The van der Waals surface area contributed by atoms with E-state index < -0.39 is 0 Å². The van der Waals surface area contributed by atoms with Crippen LogP contribution in [0.2, 0.25) is 0 Å². The standard InChI is InChI=1S/C17H16N4O2/c18-12-13-6-8-15(9-7-13)21-17(23)20-11-10-19-16(22)14-4-2-1-3-5-14/h1-9H,10-11H2,(H,19,22)(H2,20,21,23).